The van der Waals surface area contributed by atoms with E-state index >= 15 is 0 Å². The Morgan fingerprint density at radius 3 is 2.40 bits per heavy atom. The molecule has 1 aliphatic rings. The fourth-order valence-electron chi connectivity index (χ4n) is 2.42. The number of carbonyl (C=O) groups excluding carboxylic acids is 2. The molecule has 1 unspecified atom stereocenters. The summed E-state index contributed by atoms with van der Waals surface area (Å²) in [4.78, 5) is 25.4. The van der Waals surface area contributed by atoms with Crippen LogP contribution in [0.15, 0.2) is 0 Å². The molecule has 0 bridgehead atoms. The van der Waals surface area contributed by atoms with E-state index in [1.165, 1.54) is 0 Å². The van der Waals surface area contributed by atoms with Gasteiger partial charge in [-0.2, -0.15) is 0 Å². The summed E-state index contributed by atoms with van der Waals surface area (Å²) in [6.45, 7) is 7.05. The van der Waals surface area contributed by atoms with Gasteiger partial charge in [-0.15, -0.1) is 12.4 Å². The van der Waals surface area contributed by atoms with Crippen molar-refractivity contribution in [1.82, 2.24) is 20.9 Å². The Morgan fingerprint density at radius 2 is 1.90 bits per heavy atom. The smallest absolute Gasteiger partial charge is 0.321 e. The lowest BCUT2D eigenvalue weighted by molar-refractivity contribution is -0.125. The van der Waals surface area contributed by atoms with Crippen LogP contribution in [-0.2, 0) is 4.79 Å². The van der Waals surface area contributed by atoms with Gasteiger partial charge in [0.1, 0.15) is 0 Å². The Balaban J connectivity index is 0.00000361. The molecule has 1 rings (SSSR count). The third-order valence-corrected chi connectivity index (χ3v) is 3.64. The summed E-state index contributed by atoms with van der Waals surface area (Å²) in [5, 5.41) is 8.13. The van der Waals surface area contributed by atoms with Gasteiger partial charge in [-0.05, 0) is 59.3 Å². The molecule has 0 aromatic heterocycles. The van der Waals surface area contributed by atoms with Crippen molar-refractivity contribution in [2.45, 2.75) is 32.7 Å². The van der Waals surface area contributed by atoms with Crippen molar-refractivity contribution < 1.29 is 9.59 Å². The van der Waals surface area contributed by atoms with E-state index in [4.69, 9.17) is 0 Å². The lowest BCUT2D eigenvalue weighted by Gasteiger charge is -2.35. The normalized spacial score (nSPS) is 17.9. The molecule has 0 radical (unpaired) electrons. The first-order valence-corrected chi connectivity index (χ1v) is 7.05. The molecule has 6 nitrogen and oxygen atoms in total. The van der Waals surface area contributed by atoms with E-state index in [0.29, 0.717) is 12.5 Å². The third-order valence-electron chi connectivity index (χ3n) is 3.64. The van der Waals surface area contributed by atoms with Gasteiger partial charge >= 0.3 is 6.03 Å². The lowest BCUT2D eigenvalue weighted by atomic mass is 9.96. The van der Waals surface area contributed by atoms with Crippen molar-refractivity contribution >= 4 is 24.3 Å². The summed E-state index contributed by atoms with van der Waals surface area (Å²) in [7, 11) is 1.97. The minimum Gasteiger partial charge on any atom is -0.338 e. The monoisotopic (exact) mass is 306 g/mol. The molecule has 0 saturated carbocycles. The highest BCUT2D eigenvalue weighted by Crippen LogP contribution is 2.18. The number of urea groups is 1. The van der Waals surface area contributed by atoms with Gasteiger partial charge in [0.05, 0.1) is 6.04 Å². The molecule has 0 aliphatic carbocycles. The van der Waals surface area contributed by atoms with Gasteiger partial charge in [0.2, 0.25) is 5.91 Å². The zero-order chi connectivity index (χ0) is 14.3. The van der Waals surface area contributed by atoms with Crippen LogP contribution in [0.4, 0.5) is 4.79 Å². The van der Waals surface area contributed by atoms with Gasteiger partial charge in [0.25, 0.3) is 0 Å². The number of nitrogens with one attached hydrogen (secondary N) is 3. The number of likely N-dealkylation sites (tertiary alicyclic amines) is 1. The number of imide groups is 1. The minimum atomic E-state index is -0.413. The number of piperidine rings is 1. The molecule has 1 fully saturated rings. The summed E-state index contributed by atoms with van der Waals surface area (Å²) >= 11 is 0. The van der Waals surface area contributed by atoms with Crippen LogP contribution in [0.1, 0.15) is 26.7 Å². The summed E-state index contributed by atoms with van der Waals surface area (Å²) in [5.74, 6) is 0.470. The molecule has 3 amide bonds. The molecule has 7 heteroatoms. The van der Waals surface area contributed by atoms with Crippen LogP contribution in [0, 0.1) is 5.92 Å². The number of carbonyl (C=O) groups is 2. The molecule has 20 heavy (non-hydrogen) atoms. The summed E-state index contributed by atoms with van der Waals surface area (Å²) in [6, 6.07) is -0.664. The SMILES string of the molecule is CCNC(=O)NC(=O)C(C)N1CCC(CNC)CC1.Cl. The fraction of sp³-hybridized carbons (Fsp3) is 0.846. The van der Waals surface area contributed by atoms with Crippen molar-refractivity contribution in [2.24, 2.45) is 5.92 Å². The van der Waals surface area contributed by atoms with Gasteiger partial charge in [0, 0.05) is 6.54 Å². The van der Waals surface area contributed by atoms with E-state index in [9.17, 15) is 9.59 Å². The van der Waals surface area contributed by atoms with Gasteiger partial charge in [0.15, 0.2) is 0 Å². The fourth-order valence-corrected chi connectivity index (χ4v) is 2.42. The number of hydrogen-bond acceptors (Lipinski definition) is 4. The van der Waals surface area contributed by atoms with Crippen LogP contribution in [-0.4, -0.2) is 56.1 Å². The van der Waals surface area contributed by atoms with E-state index in [2.05, 4.69) is 20.9 Å². The van der Waals surface area contributed by atoms with E-state index < -0.39 is 6.03 Å². The Hall–Kier alpha value is -0.850. The van der Waals surface area contributed by atoms with Gasteiger partial charge in [-0.3, -0.25) is 15.0 Å². The van der Waals surface area contributed by atoms with Crippen LogP contribution in [0.5, 0.6) is 0 Å². The van der Waals surface area contributed by atoms with Crippen LogP contribution in [0.3, 0.4) is 0 Å². The topological polar surface area (TPSA) is 73.5 Å². The first-order valence-electron chi connectivity index (χ1n) is 7.05. The molecule has 1 saturated heterocycles. The maximum absolute atomic E-state index is 11.9. The molecule has 0 aromatic carbocycles. The maximum atomic E-state index is 11.9. The van der Waals surface area contributed by atoms with E-state index in [-0.39, 0.29) is 24.4 Å². The average Bonchev–Trinajstić information content (AvgIpc) is 2.39. The summed E-state index contributed by atoms with van der Waals surface area (Å²) in [5.41, 5.74) is 0. The van der Waals surface area contributed by atoms with Crippen LogP contribution in [0.25, 0.3) is 0 Å². The van der Waals surface area contributed by atoms with Gasteiger partial charge in [-0.1, -0.05) is 0 Å². The summed E-state index contributed by atoms with van der Waals surface area (Å²) in [6.07, 6.45) is 2.19. The second-order valence-corrected chi connectivity index (χ2v) is 5.06. The highest BCUT2D eigenvalue weighted by Gasteiger charge is 2.26. The largest absolute Gasteiger partial charge is 0.338 e. The Bertz CT molecular complexity index is 307. The zero-order valence-electron chi connectivity index (χ0n) is 12.6. The number of hydrogen-bond donors (Lipinski definition) is 3. The van der Waals surface area contributed by atoms with Crippen molar-refractivity contribution in [3.63, 3.8) is 0 Å². The molecule has 3 N–H and O–H groups in total. The Morgan fingerprint density at radius 1 is 1.30 bits per heavy atom. The molecule has 118 valence electrons. The van der Waals surface area contributed by atoms with Crippen LogP contribution in [0.2, 0.25) is 0 Å². The lowest BCUT2D eigenvalue weighted by Crippen LogP contribution is -2.51. The molecule has 0 aromatic rings. The molecule has 1 aliphatic heterocycles. The van der Waals surface area contributed by atoms with Crippen LogP contribution < -0.4 is 16.0 Å². The predicted molar refractivity (Wildman–Crippen MR) is 82.1 cm³/mol. The average molecular weight is 307 g/mol. The van der Waals surface area contributed by atoms with Crippen molar-refractivity contribution in [3.8, 4) is 0 Å². The first-order chi connectivity index (χ1) is 9.08. The van der Waals surface area contributed by atoms with Crippen molar-refractivity contribution in [1.29, 1.82) is 0 Å². The second-order valence-electron chi connectivity index (χ2n) is 5.06. The molecular weight excluding hydrogens is 280 g/mol. The Labute approximate surface area is 127 Å². The molecule has 1 atom stereocenters. The highest BCUT2D eigenvalue weighted by molar-refractivity contribution is 5.96. The predicted octanol–water partition coefficient (Wildman–Crippen LogP) is 0.574. The van der Waals surface area contributed by atoms with Crippen LogP contribution >= 0.6 is 12.4 Å². The summed E-state index contributed by atoms with van der Waals surface area (Å²) < 4.78 is 0. The number of nitrogens with zero attached hydrogens (tertiary/aromatic N) is 1. The van der Waals surface area contributed by atoms with Crippen molar-refractivity contribution in [2.75, 3.05) is 33.2 Å². The molecular formula is C13H27ClN4O2. The number of halogens is 1. The standard InChI is InChI=1S/C13H26N4O2.ClH/c1-4-15-13(19)16-12(18)10(2)17-7-5-11(6-8-17)9-14-3;/h10-11,14H,4-9H2,1-3H3,(H2,15,16,18,19);1H. The first kappa shape index (κ1) is 19.1. The minimum absolute atomic E-state index is 0. The van der Waals surface area contributed by atoms with Crippen molar-refractivity contribution in [3.05, 3.63) is 0 Å². The van der Waals surface area contributed by atoms with E-state index in [1.54, 1.807) is 0 Å². The van der Waals surface area contributed by atoms with Gasteiger partial charge in [-0.25, -0.2) is 4.79 Å². The third kappa shape index (κ3) is 6.07. The highest BCUT2D eigenvalue weighted by atomic mass is 35.5. The molecule has 0 spiro atoms. The maximum Gasteiger partial charge on any atom is 0.321 e. The number of rotatable bonds is 5. The quantitative estimate of drug-likeness (QED) is 0.694. The van der Waals surface area contributed by atoms with E-state index in [0.717, 1.165) is 32.5 Å². The van der Waals surface area contributed by atoms with Gasteiger partial charge < -0.3 is 10.6 Å². The Kier molecular flexibility index (Phi) is 9.54. The molecule has 1 heterocycles. The number of amides is 3. The zero-order valence-corrected chi connectivity index (χ0v) is 13.4. The van der Waals surface area contributed by atoms with E-state index in [1.807, 2.05) is 20.9 Å². The second kappa shape index (κ2) is 9.96.